The first-order chi connectivity index (χ1) is 14.5. The van der Waals surface area contributed by atoms with Crippen molar-refractivity contribution in [3.8, 4) is 11.5 Å². The van der Waals surface area contributed by atoms with Crippen LogP contribution in [-0.2, 0) is 11.4 Å². The molecule has 0 atom stereocenters. The van der Waals surface area contributed by atoms with Gasteiger partial charge < -0.3 is 14.8 Å². The van der Waals surface area contributed by atoms with Crippen molar-refractivity contribution in [3.63, 3.8) is 0 Å². The molecule has 0 spiro atoms. The molecule has 5 heteroatoms. The van der Waals surface area contributed by atoms with Crippen LogP contribution in [0, 0.1) is 13.8 Å². The summed E-state index contributed by atoms with van der Waals surface area (Å²) in [5.41, 5.74) is 4.74. The number of hydrogen-bond acceptors (Lipinski definition) is 3. The van der Waals surface area contributed by atoms with E-state index in [1.54, 1.807) is 13.2 Å². The Bertz CT molecular complexity index is 1040. The number of nitrogens with one attached hydrogen (secondary N) is 1. The molecule has 0 unspecified atom stereocenters. The minimum Gasteiger partial charge on any atom is -0.493 e. The number of aryl methyl sites for hydroxylation is 2. The van der Waals surface area contributed by atoms with Gasteiger partial charge in [0.2, 0.25) is 5.91 Å². The molecule has 30 heavy (non-hydrogen) atoms. The Labute approximate surface area is 182 Å². The van der Waals surface area contributed by atoms with Crippen molar-refractivity contribution in [3.05, 3.63) is 94.0 Å². The normalized spacial score (nSPS) is 10.8. The molecule has 0 saturated heterocycles. The van der Waals surface area contributed by atoms with Gasteiger partial charge in [0.05, 0.1) is 7.11 Å². The molecule has 154 valence electrons. The summed E-state index contributed by atoms with van der Waals surface area (Å²) >= 11 is 5.91. The van der Waals surface area contributed by atoms with Crippen LogP contribution in [0.15, 0.2) is 66.7 Å². The topological polar surface area (TPSA) is 47.6 Å². The Morgan fingerprint density at radius 1 is 1.00 bits per heavy atom. The summed E-state index contributed by atoms with van der Waals surface area (Å²) < 4.78 is 11.3. The van der Waals surface area contributed by atoms with E-state index in [2.05, 4.69) is 5.32 Å². The Balaban J connectivity index is 1.66. The zero-order valence-corrected chi connectivity index (χ0v) is 18.0. The number of carbonyl (C=O) groups is 1. The van der Waals surface area contributed by atoms with Crippen molar-refractivity contribution in [2.24, 2.45) is 0 Å². The van der Waals surface area contributed by atoms with Gasteiger partial charge in [-0.25, -0.2) is 0 Å². The summed E-state index contributed by atoms with van der Waals surface area (Å²) in [7, 11) is 1.59. The fourth-order valence-electron chi connectivity index (χ4n) is 3.00. The van der Waals surface area contributed by atoms with Gasteiger partial charge in [0.15, 0.2) is 11.5 Å². The third-order valence-corrected chi connectivity index (χ3v) is 4.90. The molecule has 0 bridgehead atoms. The van der Waals surface area contributed by atoms with Crippen LogP contribution >= 0.6 is 11.6 Å². The summed E-state index contributed by atoms with van der Waals surface area (Å²) in [4.78, 5) is 12.3. The van der Waals surface area contributed by atoms with Crippen LogP contribution in [-0.4, -0.2) is 13.0 Å². The predicted octanol–water partition coefficient (Wildman–Crippen LogP) is 6.20. The van der Waals surface area contributed by atoms with E-state index in [9.17, 15) is 4.79 Å². The third kappa shape index (κ3) is 5.65. The van der Waals surface area contributed by atoms with E-state index >= 15 is 0 Å². The standard InChI is InChI=1S/C25H24ClNO3/c1-17-5-4-6-18(2)25(17)27-24(28)14-10-19-9-13-22(23(15-19)29-3)30-16-20-7-11-21(26)12-8-20/h4-15H,16H2,1-3H3,(H,27,28)/b14-10+. The van der Waals surface area contributed by atoms with Crippen molar-refractivity contribution in [1.82, 2.24) is 0 Å². The first-order valence-electron chi connectivity index (χ1n) is 9.57. The molecule has 0 aliphatic carbocycles. The maximum absolute atomic E-state index is 12.3. The summed E-state index contributed by atoms with van der Waals surface area (Å²) in [6, 6.07) is 18.9. The van der Waals surface area contributed by atoms with Crippen LogP contribution in [0.3, 0.4) is 0 Å². The van der Waals surface area contributed by atoms with E-state index in [1.165, 1.54) is 6.08 Å². The average Bonchev–Trinajstić information content (AvgIpc) is 2.75. The second-order valence-corrected chi connectivity index (χ2v) is 7.35. The van der Waals surface area contributed by atoms with E-state index in [0.717, 1.165) is 27.9 Å². The van der Waals surface area contributed by atoms with Crippen LogP contribution in [0.5, 0.6) is 11.5 Å². The smallest absolute Gasteiger partial charge is 0.248 e. The zero-order valence-electron chi connectivity index (χ0n) is 17.2. The highest BCUT2D eigenvalue weighted by atomic mass is 35.5. The molecule has 0 aliphatic heterocycles. The lowest BCUT2D eigenvalue weighted by Gasteiger charge is -2.12. The lowest BCUT2D eigenvalue weighted by Crippen LogP contribution is -2.10. The monoisotopic (exact) mass is 421 g/mol. The molecule has 0 saturated carbocycles. The maximum atomic E-state index is 12.3. The molecule has 0 heterocycles. The van der Waals surface area contributed by atoms with E-state index in [0.29, 0.717) is 23.1 Å². The number of methoxy groups -OCH3 is 1. The van der Waals surface area contributed by atoms with E-state index < -0.39 is 0 Å². The number of rotatable bonds is 7. The lowest BCUT2D eigenvalue weighted by molar-refractivity contribution is -0.111. The van der Waals surface area contributed by atoms with Gasteiger partial charge in [-0.1, -0.05) is 48.0 Å². The van der Waals surface area contributed by atoms with Gasteiger partial charge in [0.25, 0.3) is 0 Å². The van der Waals surface area contributed by atoms with Gasteiger partial charge in [-0.3, -0.25) is 4.79 Å². The Kier molecular flexibility index (Phi) is 7.15. The van der Waals surface area contributed by atoms with Gasteiger partial charge in [-0.05, 0) is 66.4 Å². The van der Waals surface area contributed by atoms with Gasteiger partial charge in [-0.2, -0.15) is 0 Å². The first-order valence-corrected chi connectivity index (χ1v) is 9.94. The minimum atomic E-state index is -0.186. The van der Waals surface area contributed by atoms with Gasteiger partial charge in [0, 0.05) is 16.8 Å². The summed E-state index contributed by atoms with van der Waals surface area (Å²) in [5, 5.41) is 3.63. The quantitative estimate of drug-likeness (QED) is 0.462. The van der Waals surface area contributed by atoms with Crippen LogP contribution in [0.25, 0.3) is 6.08 Å². The van der Waals surface area contributed by atoms with E-state index in [-0.39, 0.29) is 5.91 Å². The number of hydrogen-bond donors (Lipinski definition) is 1. The molecular weight excluding hydrogens is 398 g/mol. The number of amides is 1. The molecular formula is C25H24ClNO3. The Morgan fingerprint density at radius 2 is 1.70 bits per heavy atom. The number of carbonyl (C=O) groups excluding carboxylic acids is 1. The molecule has 0 fully saturated rings. The number of ether oxygens (including phenoxy) is 2. The lowest BCUT2D eigenvalue weighted by atomic mass is 10.1. The molecule has 3 aromatic carbocycles. The van der Waals surface area contributed by atoms with Crippen LogP contribution in [0.1, 0.15) is 22.3 Å². The van der Waals surface area contributed by atoms with Crippen molar-refractivity contribution in [2.45, 2.75) is 20.5 Å². The van der Waals surface area contributed by atoms with Crippen LogP contribution in [0.4, 0.5) is 5.69 Å². The third-order valence-electron chi connectivity index (χ3n) is 4.65. The zero-order chi connectivity index (χ0) is 21.5. The first kappa shape index (κ1) is 21.5. The Morgan fingerprint density at radius 3 is 2.37 bits per heavy atom. The fraction of sp³-hybridized carbons (Fsp3) is 0.160. The van der Waals surface area contributed by atoms with Crippen LogP contribution in [0.2, 0.25) is 5.02 Å². The van der Waals surface area contributed by atoms with Gasteiger partial charge >= 0.3 is 0 Å². The largest absolute Gasteiger partial charge is 0.493 e. The molecule has 4 nitrogen and oxygen atoms in total. The molecule has 0 aliphatic rings. The summed E-state index contributed by atoms with van der Waals surface area (Å²) in [5.74, 6) is 1.04. The Hall–Kier alpha value is -3.24. The SMILES string of the molecule is COc1cc(/C=C/C(=O)Nc2c(C)cccc2C)ccc1OCc1ccc(Cl)cc1. The van der Waals surface area contributed by atoms with Crippen molar-refractivity contribution in [2.75, 3.05) is 12.4 Å². The molecule has 1 amide bonds. The van der Waals surface area contributed by atoms with Gasteiger partial charge in [0.1, 0.15) is 6.61 Å². The van der Waals surface area contributed by atoms with E-state index in [1.807, 2.05) is 74.5 Å². The molecule has 3 rings (SSSR count). The number of benzene rings is 3. The highest BCUT2D eigenvalue weighted by Crippen LogP contribution is 2.29. The molecule has 0 radical (unpaired) electrons. The van der Waals surface area contributed by atoms with Crippen LogP contribution < -0.4 is 14.8 Å². The molecule has 0 aromatic heterocycles. The second kappa shape index (κ2) is 9.99. The van der Waals surface area contributed by atoms with Crippen molar-refractivity contribution >= 4 is 29.3 Å². The summed E-state index contributed by atoms with van der Waals surface area (Å²) in [6.45, 7) is 4.35. The fourth-order valence-corrected chi connectivity index (χ4v) is 3.12. The average molecular weight is 422 g/mol. The molecule has 1 N–H and O–H groups in total. The highest BCUT2D eigenvalue weighted by Gasteiger charge is 2.07. The highest BCUT2D eigenvalue weighted by molar-refractivity contribution is 6.30. The second-order valence-electron chi connectivity index (χ2n) is 6.91. The van der Waals surface area contributed by atoms with Crippen molar-refractivity contribution in [1.29, 1.82) is 0 Å². The maximum Gasteiger partial charge on any atom is 0.248 e. The minimum absolute atomic E-state index is 0.186. The number of halogens is 1. The van der Waals surface area contributed by atoms with E-state index in [4.69, 9.17) is 21.1 Å². The number of anilines is 1. The number of para-hydroxylation sites is 1. The predicted molar refractivity (Wildman–Crippen MR) is 122 cm³/mol. The van der Waals surface area contributed by atoms with Gasteiger partial charge in [-0.15, -0.1) is 0 Å². The summed E-state index contributed by atoms with van der Waals surface area (Å²) in [6.07, 6.45) is 3.25. The van der Waals surface area contributed by atoms with Crippen molar-refractivity contribution < 1.29 is 14.3 Å². The molecule has 3 aromatic rings.